The number of aliphatic hydroxyl groups excluding tert-OH is 2. The lowest BCUT2D eigenvalue weighted by Gasteiger charge is -2.30. The minimum atomic E-state index is -1.08. The SMILES string of the molecule is Cc1cn([C@@H]2O[C@@]3(CO)CN[C@@H]2[C@@H]3O)c(=O)[nH]c1=O. The van der Waals surface area contributed by atoms with Crippen LogP contribution in [0.3, 0.4) is 0 Å². The van der Waals surface area contributed by atoms with Crippen LogP contribution in [0.2, 0.25) is 0 Å². The van der Waals surface area contributed by atoms with Gasteiger partial charge in [0.05, 0.1) is 12.6 Å². The molecule has 104 valence electrons. The number of hydrogen-bond acceptors (Lipinski definition) is 6. The third kappa shape index (κ3) is 1.61. The minimum absolute atomic E-state index is 0.322. The molecule has 19 heavy (non-hydrogen) atoms. The molecular formula is C11H15N3O5. The summed E-state index contributed by atoms with van der Waals surface area (Å²) in [6.45, 7) is 1.56. The summed E-state index contributed by atoms with van der Waals surface area (Å²) in [5.74, 6) is 0. The van der Waals surface area contributed by atoms with E-state index in [9.17, 15) is 19.8 Å². The van der Waals surface area contributed by atoms with E-state index in [1.165, 1.54) is 10.8 Å². The first-order valence-corrected chi connectivity index (χ1v) is 6.01. The molecule has 2 fully saturated rings. The third-order valence-electron chi connectivity index (χ3n) is 3.87. The van der Waals surface area contributed by atoms with Crippen LogP contribution in [0.25, 0.3) is 0 Å². The summed E-state index contributed by atoms with van der Waals surface area (Å²) in [5.41, 5.74) is -1.76. The number of ether oxygens (including phenoxy) is 1. The lowest BCUT2D eigenvalue weighted by Crippen LogP contribution is -2.48. The summed E-state index contributed by atoms with van der Waals surface area (Å²) >= 11 is 0. The molecule has 2 aliphatic rings. The van der Waals surface area contributed by atoms with Gasteiger partial charge >= 0.3 is 5.69 Å². The highest BCUT2D eigenvalue weighted by atomic mass is 16.6. The summed E-state index contributed by atoms with van der Waals surface area (Å²) in [5, 5.41) is 22.5. The van der Waals surface area contributed by atoms with Crippen molar-refractivity contribution in [2.75, 3.05) is 13.2 Å². The van der Waals surface area contributed by atoms with Gasteiger partial charge in [0.1, 0.15) is 11.7 Å². The molecule has 0 amide bonds. The summed E-state index contributed by atoms with van der Waals surface area (Å²) in [4.78, 5) is 25.3. The van der Waals surface area contributed by atoms with Crippen LogP contribution < -0.4 is 16.6 Å². The maximum absolute atomic E-state index is 11.8. The second kappa shape index (κ2) is 4.01. The zero-order valence-corrected chi connectivity index (χ0v) is 10.3. The van der Waals surface area contributed by atoms with Gasteiger partial charge in [-0.15, -0.1) is 0 Å². The predicted molar refractivity (Wildman–Crippen MR) is 63.8 cm³/mol. The Hall–Kier alpha value is -1.48. The molecule has 8 heteroatoms. The van der Waals surface area contributed by atoms with Crippen LogP contribution in [-0.4, -0.2) is 50.7 Å². The zero-order chi connectivity index (χ0) is 13.8. The Morgan fingerprint density at radius 2 is 2.32 bits per heavy atom. The van der Waals surface area contributed by atoms with E-state index in [1.54, 1.807) is 6.92 Å². The molecule has 0 spiro atoms. The van der Waals surface area contributed by atoms with Gasteiger partial charge in [-0.1, -0.05) is 0 Å². The van der Waals surface area contributed by atoms with Crippen molar-refractivity contribution >= 4 is 0 Å². The Labute approximate surface area is 107 Å². The molecule has 0 aliphatic carbocycles. The first kappa shape index (κ1) is 12.5. The van der Waals surface area contributed by atoms with Crippen molar-refractivity contribution in [2.45, 2.75) is 30.9 Å². The molecule has 0 saturated carbocycles. The van der Waals surface area contributed by atoms with Crippen molar-refractivity contribution in [3.63, 3.8) is 0 Å². The summed E-state index contributed by atoms with van der Waals surface area (Å²) in [6, 6.07) is -0.491. The van der Waals surface area contributed by atoms with Crippen molar-refractivity contribution in [3.8, 4) is 0 Å². The fourth-order valence-corrected chi connectivity index (χ4v) is 2.71. The van der Waals surface area contributed by atoms with Gasteiger partial charge in [0.25, 0.3) is 5.56 Å². The fraction of sp³-hybridized carbons (Fsp3) is 0.636. The van der Waals surface area contributed by atoms with Gasteiger partial charge in [-0.05, 0) is 6.92 Å². The van der Waals surface area contributed by atoms with Crippen molar-refractivity contribution in [3.05, 3.63) is 32.6 Å². The summed E-state index contributed by atoms with van der Waals surface area (Å²) in [6.07, 6.45) is -0.257. The second-order valence-corrected chi connectivity index (χ2v) is 5.06. The Bertz CT molecular complexity index is 623. The van der Waals surface area contributed by atoms with Crippen molar-refractivity contribution in [1.82, 2.24) is 14.9 Å². The van der Waals surface area contributed by atoms with E-state index in [0.29, 0.717) is 12.1 Å². The van der Waals surface area contributed by atoms with Crippen LogP contribution >= 0.6 is 0 Å². The molecule has 1 aromatic heterocycles. The molecule has 1 aromatic rings. The maximum Gasteiger partial charge on any atom is 0.330 e. The number of hydrogen-bond donors (Lipinski definition) is 4. The van der Waals surface area contributed by atoms with Crippen LogP contribution in [-0.2, 0) is 4.74 Å². The lowest BCUT2D eigenvalue weighted by atomic mass is 10.0. The van der Waals surface area contributed by atoms with Crippen molar-refractivity contribution < 1.29 is 14.9 Å². The largest absolute Gasteiger partial charge is 0.393 e. The fourth-order valence-electron chi connectivity index (χ4n) is 2.71. The van der Waals surface area contributed by atoms with Gasteiger partial charge in [-0.3, -0.25) is 14.3 Å². The molecule has 3 heterocycles. The van der Waals surface area contributed by atoms with Gasteiger partial charge in [-0.25, -0.2) is 4.79 Å². The predicted octanol–water partition coefficient (Wildman–Crippen LogP) is -2.56. The molecule has 8 nitrogen and oxygen atoms in total. The van der Waals surface area contributed by atoms with Gasteiger partial charge < -0.3 is 20.3 Å². The molecule has 0 radical (unpaired) electrons. The number of H-pyrrole nitrogens is 1. The van der Waals surface area contributed by atoms with E-state index in [-0.39, 0.29) is 6.61 Å². The molecule has 2 bridgehead atoms. The smallest absolute Gasteiger partial charge is 0.330 e. The van der Waals surface area contributed by atoms with E-state index in [0.717, 1.165) is 0 Å². The van der Waals surface area contributed by atoms with Crippen LogP contribution in [0.5, 0.6) is 0 Å². The van der Waals surface area contributed by atoms with Gasteiger partial charge in [-0.2, -0.15) is 0 Å². The highest BCUT2D eigenvalue weighted by molar-refractivity contribution is 5.13. The quantitative estimate of drug-likeness (QED) is 0.469. The van der Waals surface area contributed by atoms with E-state index in [4.69, 9.17) is 4.74 Å². The molecule has 4 N–H and O–H groups in total. The first-order valence-electron chi connectivity index (χ1n) is 6.01. The Balaban J connectivity index is 2.04. The van der Waals surface area contributed by atoms with E-state index >= 15 is 0 Å². The zero-order valence-electron chi connectivity index (χ0n) is 10.3. The number of morpholine rings is 1. The highest BCUT2D eigenvalue weighted by Crippen LogP contribution is 2.40. The summed E-state index contributed by atoms with van der Waals surface area (Å²) < 4.78 is 6.88. The Morgan fingerprint density at radius 1 is 1.58 bits per heavy atom. The topological polar surface area (TPSA) is 117 Å². The van der Waals surface area contributed by atoms with Gasteiger partial charge in [0, 0.05) is 18.3 Å². The third-order valence-corrected chi connectivity index (χ3v) is 3.87. The molecule has 0 unspecified atom stereocenters. The number of aliphatic hydroxyl groups is 2. The van der Waals surface area contributed by atoms with Crippen molar-refractivity contribution in [1.29, 1.82) is 0 Å². The molecule has 3 rings (SSSR count). The molecule has 0 aromatic carbocycles. The number of aromatic amines is 1. The molecule has 4 atom stereocenters. The Kier molecular flexibility index (Phi) is 2.65. The number of fused-ring (bicyclic) bond motifs is 2. The number of aryl methyl sites for hydroxylation is 1. The van der Waals surface area contributed by atoms with Crippen LogP contribution in [0.1, 0.15) is 11.8 Å². The number of nitrogens with one attached hydrogen (secondary N) is 2. The average Bonchev–Trinajstić information content (AvgIpc) is 2.85. The van der Waals surface area contributed by atoms with E-state index in [1.807, 2.05) is 0 Å². The van der Waals surface area contributed by atoms with Crippen LogP contribution in [0.15, 0.2) is 15.8 Å². The van der Waals surface area contributed by atoms with Gasteiger partial charge in [0.2, 0.25) is 0 Å². The van der Waals surface area contributed by atoms with Crippen LogP contribution in [0.4, 0.5) is 0 Å². The molecule has 2 saturated heterocycles. The van der Waals surface area contributed by atoms with Crippen molar-refractivity contribution in [2.24, 2.45) is 0 Å². The van der Waals surface area contributed by atoms with E-state index in [2.05, 4.69) is 10.3 Å². The Morgan fingerprint density at radius 3 is 2.95 bits per heavy atom. The maximum atomic E-state index is 11.8. The molecule has 2 aliphatic heterocycles. The second-order valence-electron chi connectivity index (χ2n) is 5.06. The molecular weight excluding hydrogens is 254 g/mol. The standard InChI is InChI=1S/C11H15N3O5/c1-5-2-14(10(18)13-8(5)17)9-6-7(16)11(4-15,19-9)3-12-6/h2,6-7,9,12,15-16H,3-4H2,1H3,(H,13,17,18)/t6-,7+,9-,11-/m1/s1. The normalized spacial score (nSPS) is 36.9. The number of rotatable bonds is 2. The van der Waals surface area contributed by atoms with Gasteiger partial charge in [0.15, 0.2) is 6.23 Å². The van der Waals surface area contributed by atoms with Crippen LogP contribution in [0, 0.1) is 6.92 Å². The first-order chi connectivity index (χ1) is 8.98. The summed E-state index contributed by atoms with van der Waals surface area (Å²) in [7, 11) is 0. The highest BCUT2D eigenvalue weighted by Gasteiger charge is 2.60. The lowest BCUT2D eigenvalue weighted by molar-refractivity contribution is -0.132. The number of nitrogens with zero attached hydrogens (tertiary/aromatic N) is 1. The average molecular weight is 269 g/mol. The monoisotopic (exact) mass is 269 g/mol. The number of aromatic nitrogens is 2. The minimum Gasteiger partial charge on any atom is -0.393 e. The van der Waals surface area contributed by atoms with E-state index < -0.39 is 35.2 Å².